The highest BCUT2D eigenvalue weighted by atomic mass is 16.5. The zero-order chi connectivity index (χ0) is 30.3. The minimum atomic E-state index is 0.455. The highest BCUT2D eigenvalue weighted by molar-refractivity contribution is 5.97. The molecule has 0 saturated heterocycles. The quantitative estimate of drug-likeness (QED) is 0.124. The minimum Gasteiger partial charge on any atom is -0.471 e. The molecule has 6 aromatic rings. The summed E-state index contributed by atoms with van der Waals surface area (Å²) in [6, 6.07) is 27.8. The number of hydrogen-bond donors (Lipinski definition) is 0. The standard InChI is InChI=1S/C38H41N5O2/c1-5-13-29(14-6-1)25-44-22-12-4-11-21-42-24-33(36-37(42)38(40-27-39-36)45-26-30-15-7-2-8-16-30)31-19-20-35-34(23-31)41-28-43(35)32-17-9-3-10-18-32/h1-2,5-8,13-16,19-20,23-24,27-28,32H,3-4,9-12,17-18,21-22,25-26H2. The molecule has 0 bridgehead atoms. The minimum absolute atomic E-state index is 0.455. The molecule has 7 nitrogen and oxygen atoms in total. The van der Waals surface area contributed by atoms with E-state index in [-0.39, 0.29) is 0 Å². The van der Waals surface area contributed by atoms with Crippen LogP contribution in [0.5, 0.6) is 5.88 Å². The van der Waals surface area contributed by atoms with E-state index in [9.17, 15) is 0 Å². The lowest BCUT2D eigenvalue weighted by molar-refractivity contribution is 0.116. The molecule has 0 amide bonds. The van der Waals surface area contributed by atoms with Gasteiger partial charge in [-0.15, -0.1) is 0 Å². The van der Waals surface area contributed by atoms with Crippen molar-refractivity contribution in [3.05, 3.63) is 109 Å². The molecule has 7 heteroatoms. The van der Waals surface area contributed by atoms with E-state index >= 15 is 0 Å². The first-order chi connectivity index (χ1) is 22.3. The van der Waals surface area contributed by atoms with E-state index in [4.69, 9.17) is 19.4 Å². The summed E-state index contributed by atoms with van der Waals surface area (Å²) in [6.45, 7) is 2.73. The number of fused-ring (bicyclic) bond motifs is 2. The molecule has 1 aliphatic rings. The maximum Gasteiger partial charge on any atom is 0.242 e. The number of nitrogens with zero attached hydrogens (tertiary/aromatic N) is 5. The van der Waals surface area contributed by atoms with Gasteiger partial charge in [0.15, 0.2) is 0 Å². The molecule has 1 saturated carbocycles. The van der Waals surface area contributed by atoms with Crippen LogP contribution in [-0.4, -0.2) is 30.7 Å². The van der Waals surface area contributed by atoms with Crippen molar-refractivity contribution in [3.63, 3.8) is 0 Å². The Morgan fingerprint density at radius 3 is 2.33 bits per heavy atom. The lowest BCUT2D eigenvalue weighted by atomic mass is 9.95. The Kier molecular flexibility index (Phi) is 9.15. The number of unbranched alkanes of at least 4 members (excludes halogenated alkanes) is 2. The Hall–Kier alpha value is -4.49. The summed E-state index contributed by atoms with van der Waals surface area (Å²) in [6.07, 6.45) is 15.4. The van der Waals surface area contributed by atoms with Crippen molar-refractivity contribution in [2.24, 2.45) is 0 Å². The van der Waals surface area contributed by atoms with Crippen molar-refractivity contribution >= 4 is 22.1 Å². The molecule has 7 rings (SSSR count). The molecule has 230 valence electrons. The van der Waals surface area contributed by atoms with Crippen molar-refractivity contribution in [3.8, 4) is 17.0 Å². The number of aromatic nitrogens is 5. The molecular formula is C38H41N5O2. The first-order valence-corrected chi connectivity index (χ1v) is 16.4. The van der Waals surface area contributed by atoms with Crippen LogP contribution in [0.15, 0.2) is 97.7 Å². The van der Waals surface area contributed by atoms with Crippen LogP contribution in [0.2, 0.25) is 0 Å². The maximum absolute atomic E-state index is 6.33. The van der Waals surface area contributed by atoms with Crippen molar-refractivity contribution in [1.29, 1.82) is 0 Å². The van der Waals surface area contributed by atoms with E-state index in [1.165, 1.54) is 43.2 Å². The molecular weight excluding hydrogens is 558 g/mol. The van der Waals surface area contributed by atoms with Gasteiger partial charge in [0, 0.05) is 31.0 Å². The molecule has 3 heterocycles. The van der Waals surface area contributed by atoms with E-state index in [1.54, 1.807) is 6.33 Å². The van der Waals surface area contributed by atoms with E-state index in [2.05, 4.69) is 74.9 Å². The van der Waals surface area contributed by atoms with Gasteiger partial charge in [-0.25, -0.2) is 9.97 Å². The first kappa shape index (κ1) is 29.2. The van der Waals surface area contributed by atoms with E-state index < -0.39 is 0 Å². The second kappa shape index (κ2) is 14.1. The monoisotopic (exact) mass is 599 g/mol. The van der Waals surface area contributed by atoms with E-state index in [1.807, 2.05) is 30.6 Å². The molecule has 0 aliphatic heterocycles. The average Bonchev–Trinajstić information content (AvgIpc) is 3.70. The van der Waals surface area contributed by atoms with Gasteiger partial charge in [-0.05, 0) is 60.9 Å². The topological polar surface area (TPSA) is 67.0 Å². The number of hydrogen-bond acceptors (Lipinski definition) is 5. The van der Waals surface area contributed by atoms with Crippen LogP contribution in [0, 0.1) is 0 Å². The van der Waals surface area contributed by atoms with Gasteiger partial charge < -0.3 is 18.6 Å². The lowest BCUT2D eigenvalue weighted by Gasteiger charge is -2.23. The predicted octanol–water partition coefficient (Wildman–Crippen LogP) is 8.92. The Bertz CT molecular complexity index is 1820. The van der Waals surface area contributed by atoms with Gasteiger partial charge in [0.25, 0.3) is 0 Å². The van der Waals surface area contributed by atoms with Gasteiger partial charge in [-0.1, -0.05) is 86.0 Å². The summed E-state index contributed by atoms with van der Waals surface area (Å²) in [5.41, 5.74) is 8.61. The van der Waals surface area contributed by atoms with Crippen LogP contribution < -0.4 is 4.74 Å². The fourth-order valence-corrected chi connectivity index (χ4v) is 6.60. The van der Waals surface area contributed by atoms with Gasteiger partial charge in [-0.2, -0.15) is 4.98 Å². The average molecular weight is 600 g/mol. The van der Waals surface area contributed by atoms with Crippen LogP contribution in [-0.2, 0) is 24.5 Å². The lowest BCUT2D eigenvalue weighted by Crippen LogP contribution is -2.11. The number of benzene rings is 3. The summed E-state index contributed by atoms with van der Waals surface area (Å²) < 4.78 is 16.9. The summed E-state index contributed by atoms with van der Waals surface area (Å²) in [5, 5.41) is 0. The van der Waals surface area contributed by atoms with Crippen molar-refractivity contribution in [2.75, 3.05) is 6.61 Å². The summed E-state index contributed by atoms with van der Waals surface area (Å²) in [7, 11) is 0. The summed E-state index contributed by atoms with van der Waals surface area (Å²) in [5.74, 6) is 0.615. The highest BCUT2D eigenvalue weighted by Gasteiger charge is 2.20. The third-order valence-corrected chi connectivity index (χ3v) is 8.99. The fraction of sp³-hybridized carbons (Fsp3) is 0.342. The molecule has 3 aromatic carbocycles. The molecule has 0 N–H and O–H groups in total. The Morgan fingerprint density at radius 2 is 1.53 bits per heavy atom. The van der Waals surface area contributed by atoms with Crippen LogP contribution in [0.4, 0.5) is 0 Å². The molecule has 45 heavy (non-hydrogen) atoms. The van der Waals surface area contributed by atoms with Crippen LogP contribution in [0.3, 0.4) is 0 Å². The van der Waals surface area contributed by atoms with E-state index in [0.717, 1.165) is 65.7 Å². The van der Waals surface area contributed by atoms with Gasteiger partial charge in [0.05, 0.1) is 24.0 Å². The van der Waals surface area contributed by atoms with Gasteiger partial charge in [-0.3, -0.25) is 0 Å². The normalized spacial score (nSPS) is 14.0. The van der Waals surface area contributed by atoms with Gasteiger partial charge in [0.2, 0.25) is 5.88 Å². The molecule has 1 aliphatic carbocycles. The van der Waals surface area contributed by atoms with Crippen LogP contribution in [0.1, 0.15) is 68.5 Å². The number of imidazole rings is 1. The molecule has 0 radical (unpaired) electrons. The second-order valence-electron chi connectivity index (χ2n) is 12.1. The molecule has 0 unspecified atom stereocenters. The Morgan fingerprint density at radius 1 is 0.756 bits per heavy atom. The molecule has 1 fully saturated rings. The third kappa shape index (κ3) is 6.79. The molecule has 0 atom stereocenters. The zero-order valence-electron chi connectivity index (χ0n) is 25.9. The number of rotatable bonds is 13. The van der Waals surface area contributed by atoms with E-state index in [0.29, 0.717) is 25.1 Å². The highest BCUT2D eigenvalue weighted by Crippen LogP contribution is 2.36. The largest absolute Gasteiger partial charge is 0.471 e. The van der Waals surface area contributed by atoms with Crippen molar-refractivity contribution in [1.82, 2.24) is 24.1 Å². The SMILES string of the molecule is c1ccc(COCCCCCn2cc(-c3ccc4c(c3)ncn4C3CCCCC3)c3ncnc(OCc4ccccc4)c32)cc1. The number of aryl methyl sites for hydroxylation is 1. The molecule has 3 aromatic heterocycles. The second-order valence-corrected chi connectivity index (χ2v) is 12.1. The van der Waals surface area contributed by atoms with Gasteiger partial charge in [0.1, 0.15) is 24.0 Å². The smallest absolute Gasteiger partial charge is 0.242 e. The van der Waals surface area contributed by atoms with Crippen molar-refractivity contribution < 1.29 is 9.47 Å². The Balaban J connectivity index is 1.11. The van der Waals surface area contributed by atoms with Crippen LogP contribution >= 0.6 is 0 Å². The predicted molar refractivity (Wildman–Crippen MR) is 179 cm³/mol. The van der Waals surface area contributed by atoms with Crippen LogP contribution in [0.25, 0.3) is 33.2 Å². The summed E-state index contributed by atoms with van der Waals surface area (Å²) in [4.78, 5) is 14.2. The summed E-state index contributed by atoms with van der Waals surface area (Å²) >= 11 is 0. The third-order valence-electron chi connectivity index (χ3n) is 8.99. The fourth-order valence-electron chi connectivity index (χ4n) is 6.60. The first-order valence-electron chi connectivity index (χ1n) is 16.4. The van der Waals surface area contributed by atoms with Crippen molar-refractivity contribution in [2.45, 2.75) is 77.2 Å². The maximum atomic E-state index is 6.33. The molecule has 0 spiro atoms. The Labute approximate surface area is 264 Å². The zero-order valence-corrected chi connectivity index (χ0v) is 25.9. The van der Waals surface area contributed by atoms with Gasteiger partial charge >= 0.3 is 0 Å². The number of ether oxygens (including phenoxy) is 2.